The van der Waals surface area contributed by atoms with Crippen molar-refractivity contribution in [2.24, 2.45) is 5.92 Å². The fraction of sp³-hybridized carbons (Fsp3) is 0.143. The number of anilines is 4. The van der Waals surface area contributed by atoms with E-state index >= 15 is 0 Å². The lowest BCUT2D eigenvalue weighted by atomic mass is 9.99. The van der Waals surface area contributed by atoms with Crippen LogP contribution in [0.4, 0.5) is 23.0 Å². The maximum Gasteiger partial charge on any atom is 0.278 e. The first-order valence-corrected chi connectivity index (χ1v) is 24.3. The van der Waals surface area contributed by atoms with E-state index in [-0.39, 0.29) is 50.6 Å². The van der Waals surface area contributed by atoms with E-state index in [0.717, 1.165) is 22.3 Å². The lowest BCUT2D eigenvalue weighted by Gasteiger charge is -2.13. The molecule has 352 valence electrons. The number of carbonyl (C=O) groups is 4. The highest BCUT2D eigenvalue weighted by Crippen LogP contribution is 2.24. The monoisotopic (exact) mass is 966 g/mol. The van der Waals surface area contributed by atoms with Gasteiger partial charge in [0.2, 0.25) is 11.8 Å². The van der Waals surface area contributed by atoms with Gasteiger partial charge in [0.15, 0.2) is 23.0 Å². The summed E-state index contributed by atoms with van der Waals surface area (Å²) >= 11 is 0. The highest BCUT2D eigenvalue weighted by molar-refractivity contribution is 7.90. The van der Waals surface area contributed by atoms with Gasteiger partial charge >= 0.3 is 0 Å². The van der Waals surface area contributed by atoms with Crippen LogP contribution in [0.5, 0.6) is 0 Å². The van der Waals surface area contributed by atoms with Crippen LogP contribution in [-0.2, 0) is 42.5 Å². The minimum Gasteiger partial charge on any atom is -0.382 e. The summed E-state index contributed by atoms with van der Waals surface area (Å²) in [5.74, 6) is -3.61. The third-order valence-electron chi connectivity index (χ3n) is 10.8. The second-order valence-electron chi connectivity index (χ2n) is 15.9. The van der Waals surface area contributed by atoms with Crippen molar-refractivity contribution in [3.8, 4) is 22.5 Å². The van der Waals surface area contributed by atoms with Gasteiger partial charge in [0.1, 0.15) is 0 Å². The lowest BCUT2D eigenvalue weighted by molar-refractivity contribution is -0.123. The predicted molar refractivity (Wildman–Crippen MR) is 260 cm³/mol. The number of sulfonamides is 2. The number of carbonyl (C=O) groups excluding carboxylic acids is 4. The molecule has 0 radical (unpaired) electrons. The topological polar surface area (TPSA) is 288 Å². The Morgan fingerprint density at radius 3 is 1.51 bits per heavy atom. The summed E-state index contributed by atoms with van der Waals surface area (Å²) in [5, 5.41) is 5.28. The number of nitrogens with zero attached hydrogens (tertiary/aromatic N) is 4. The normalized spacial score (nSPS) is 11.8. The fourth-order valence-corrected chi connectivity index (χ4v) is 8.85. The van der Waals surface area contributed by atoms with Gasteiger partial charge in [0.05, 0.1) is 33.6 Å². The van der Waals surface area contributed by atoms with Gasteiger partial charge < -0.3 is 22.1 Å². The van der Waals surface area contributed by atoms with Crippen LogP contribution >= 0.6 is 0 Å². The molecule has 2 heterocycles. The van der Waals surface area contributed by atoms with Crippen molar-refractivity contribution in [3.63, 3.8) is 0 Å². The van der Waals surface area contributed by atoms with Gasteiger partial charge in [-0.05, 0) is 85.8 Å². The number of nitrogens with two attached hydrogens (primary N) is 2. The summed E-state index contributed by atoms with van der Waals surface area (Å²) in [5.41, 5.74) is 17.1. The minimum absolute atomic E-state index is 0.0217. The van der Waals surface area contributed by atoms with Crippen LogP contribution in [0, 0.1) is 12.8 Å². The molecule has 0 fully saturated rings. The number of benzene rings is 5. The summed E-state index contributed by atoms with van der Waals surface area (Å²) < 4.78 is 56.2. The number of aryl methyl sites for hydroxylation is 3. The molecule has 7 aromatic rings. The first kappa shape index (κ1) is 48.6. The standard InChI is InChI=1S/C49H46N10O8S2/c1-30-8-15-34(16-9-30)40-28-52-45(50)43(56-40)48(62)55-37-21-25-39(26-22-37)69(66,67)59-47(61)31(2)10-11-33-12-17-35(18-13-33)41-29-53-46(51)44(57-41)49(63)54-36-19-23-38(24-20-36)68(64,65)58-42(60)27-14-32-6-4-3-5-7-32/h3-9,12-13,15-26,28-29,31H,10-11,14,27H2,1-2H3,(H2,50,52)(H2,51,53)(H,54,63)(H,55,62)(H,58,60)(H,59,61). The lowest BCUT2D eigenvalue weighted by Crippen LogP contribution is -2.34. The molecule has 0 spiro atoms. The van der Waals surface area contributed by atoms with Gasteiger partial charge in [0.25, 0.3) is 31.9 Å². The highest BCUT2D eigenvalue weighted by atomic mass is 32.2. The van der Waals surface area contributed by atoms with E-state index in [2.05, 4.69) is 40.0 Å². The Labute approximate surface area is 398 Å². The molecule has 5 aromatic carbocycles. The Kier molecular flexibility index (Phi) is 14.8. The van der Waals surface area contributed by atoms with Gasteiger partial charge in [-0.15, -0.1) is 0 Å². The smallest absolute Gasteiger partial charge is 0.278 e. The molecule has 69 heavy (non-hydrogen) atoms. The molecule has 0 saturated carbocycles. The molecule has 0 saturated heterocycles. The fourth-order valence-electron chi connectivity index (χ4n) is 6.76. The molecule has 0 bridgehead atoms. The molecular formula is C49H46N10O8S2. The quantitative estimate of drug-likeness (QED) is 0.0602. The number of hydrogen-bond acceptors (Lipinski definition) is 14. The van der Waals surface area contributed by atoms with E-state index in [1.807, 2.05) is 61.5 Å². The molecule has 20 heteroatoms. The SMILES string of the molecule is Cc1ccc(-c2cnc(N)c(C(=O)Nc3ccc(S(=O)(=O)NC(=O)C(C)CCc4ccc(-c5cnc(N)c(C(=O)Nc6ccc(S(=O)(=O)NC(=O)CCc7ccccc7)cc6)n5)cc4)cc3)n2)cc1. The zero-order valence-electron chi connectivity index (χ0n) is 37.2. The summed E-state index contributed by atoms with van der Waals surface area (Å²) in [6.07, 6.45) is 3.96. The molecule has 8 N–H and O–H groups in total. The van der Waals surface area contributed by atoms with Crippen molar-refractivity contribution in [2.75, 3.05) is 22.1 Å². The molecule has 4 amide bonds. The first-order chi connectivity index (χ1) is 32.9. The van der Waals surface area contributed by atoms with Crippen molar-refractivity contribution < 1.29 is 36.0 Å². The molecule has 0 aliphatic carbocycles. The van der Waals surface area contributed by atoms with Gasteiger partial charge in [0, 0.05) is 34.8 Å². The van der Waals surface area contributed by atoms with Crippen LogP contribution < -0.4 is 31.5 Å². The van der Waals surface area contributed by atoms with E-state index in [1.54, 1.807) is 31.2 Å². The first-order valence-electron chi connectivity index (χ1n) is 21.3. The molecule has 0 aliphatic rings. The van der Waals surface area contributed by atoms with Crippen molar-refractivity contribution in [2.45, 2.75) is 49.3 Å². The number of hydrogen-bond donors (Lipinski definition) is 6. The molecule has 18 nitrogen and oxygen atoms in total. The van der Waals surface area contributed by atoms with E-state index < -0.39 is 49.6 Å². The molecule has 2 aromatic heterocycles. The Morgan fingerprint density at radius 1 is 0.565 bits per heavy atom. The van der Waals surface area contributed by atoms with Crippen LogP contribution in [0.3, 0.4) is 0 Å². The van der Waals surface area contributed by atoms with Gasteiger partial charge in [-0.2, -0.15) is 0 Å². The number of amides is 4. The Hall–Kier alpha value is -8.36. The Bertz CT molecular complexity index is 3250. The maximum absolute atomic E-state index is 13.3. The molecule has 1 unspecified atom stereocenters. The zero-order chi connectivity index (χ0) is 49.3. The second kappa shape index (κ2) is 21.1. The Balaban J connectivity index is 0.889. The minimum atomic E-state index is -4.26. The number of aromatic nitrogens is 4. The van der Waals surface area contributed by atoms with Crippen molar-refractivity contribution in [1.29, 1.82) is 0 Å². The number of rotatable bonds is 17. The summed E-state index contributed by atoms with van der Waals surface area (Å²) in [6, 6.07) is 34.3. The average Bonchev–Trinajstić information content (AvgIpc) is 3.33. The molecule has 7 rings (SSSR count). The van der Waals surface area contributed by atoms with Gasteiger partial charge in [-0.1, -0.05) is 91.3 Å². The predicted octanol–water partition coefficient (Wildman–Crippen LogP) is 6.09. The second-order valence-corrected chi connectivity index (χ2v) is 19.3. The van der Waals surface area contributed by atoms with E-state index in [9.17, 15) is 36.0 Å². The number of nitrogens with one attached hydrogen (secondary N) is 4. The largest absolute Gasteiger partial charge is 0.382 e. The van der Waals surface area contributed by atoms with Crippen molar-refractivity contribution in [1.82, 2.24) is 29.4 Å². The van der Waals surface area contributed by atoms with Crippen LogP contribution in [0.15, 0.2) is 150 Å². The van der Waals surface area contributed by atoms with Gasteiger partial charge in [-0.25, -0.2) is 46.2 Å². The van der Waals surface area contributed by atoms with E-state index in [1.165, 1.54) is 60.9 Å². The third-order valence-corrected chi connectivity index (χ3v) is 13.5. The van der Waals surface area contributed by atoms with Crippen LogP contribution in [-0.4, -0.2) is 60.4 Å². The van der Waals surface area contributed by atoms with Gasteiger partial charge in [-0.3, -0.25) is 19.2 Å². The zero-order valence-corrected chi connectivity index (χ0v) is 38.8. The summed E-state index contributed by atoms with van der Waals surface area (Å²) in [6.45, 7) is 3.56. The summed E-state index contributed by atoms with van der Waals surface area (Å²) in [4.78, 5) is 68.5. The van der Waals surface area contributed by atoms with E-state index in [4.69, 9.17) is 11.5 Å². The van der Waals surface area contributed by atoms with Crippen LogP contribution in [0.25, 0.3) is 22.5 Å². The molecule has 1 atom stereocenters. The summed E-state index contributed by atoms with van der Waals surface area (Å²) in [7, 11) is -8.42. The molecule has 0 aliphatic heterocycles. The third kappa shape index (κ3) is 12.6. The van der Waals surface area contributed by atoms with Crippen LogP contribution in [0.2, 0.25) is 0 Å². The Morgan fingerprint density at radius 2 is 1.01 bits per heavy atom. The molecular weight excluding hydrogens is 921 g/mol. The maximum atomic E-state index is 13.3. The number of nitrogen functional groups attached to an aromatic ring is 2. The van der Waals surface area contributed by atoms with E-state index in [0.29, 0.717) is 36.2 Å². The highest BCUT2D eigenvalue weighted by Gasteiger charge is 2.23. The average molecular weight is 967 g/mol. The van der Waals surface area contributed by atoms with Crippen molar-refractivity contribution >= 4 is 66.7 Å². The van der Waals surface area contributed by atoms with Crippen LogP contribution in [0.1, 0.15) is 57.4 Å². The van der Waals surface area contributed by atoms with Crippen molar-refractivity contribution in [3.05, 3.63) is 168 Å².